The number of rotatable bonds is 7. The zero-order chi connectivity index (χ0) is 28.7. The number of fused-ring (bicyclic) bond motifs is 1. The molecule has 0 radical (unpaired) electrons. The van der Waals surface area contributed by atoms with Crippen LogP contribution in [0.25, 0.3) is 0 Å². The summed E-state index contributed by atoms with van der Waals surface area (Å²) in [6.45, 7) is 1.28. The van der Waals surface area contributed by atoms with Crippen LogP contribution in [0.2, 0.25) is 5.02 Å². The standard InChI is InChI=1S/C29H28ClF2N3O5/c1-15-19-4-3-5-23(19)34(10-11-36)29(39)26(15)35-14-20(24-21(31)12-18(40-2)13-22(24)32)25(28(35)38)33-27(37)16-6-8-17(30)9-7-16/h6-9,12-13,20,25,36H,3-5,10-11,14H2,1-2H3,(H,33,37)/t20-,25?/m0/s1. The third-order valence-electron chi connectivity index (χ3n) is 7.73. The fourth-order valence-electron chi connectivity index (χ4n) is 5.85. The molecule has 2 N–H and O–H groups in total. The van der Waals surface area contributed by atoms with Crippen molar-refractivity contribution in [3.63, 3.8) is 0 Å². The van der Waals surface area contributed by atoms with Gasteiger partial charge in [0.25, 0.3) is 11.5 Å². The summed E-state index contributed by atoms with van der Waals surface area (Å²) in [5.74, 6) is -4.39. The van der Waals surface area contributed by atoms with Crippen LogP contribution in [0.15, 0.2) is 41.2 Å². The normalized spacial score (nSPS) is 18.2. The number of methoxy groups -OCH3 is 1. The molecule has 11 heteroatoms. The van der Waals surface area contributed by atoms with Crippen molar-refractivity contribution in [1.82, 2.24) is 9.88 Å². The van der Waals surface area contributed by atoms with Gasteiger partial charge in [0.2, 0.25) is 5.91 Å². The van der Waals surface area contributed by atoms with Crippen molar-refractivity contribution in [3.05, 3.63) is 91.4 Å². The lowest BCUT2D eigenvalue weighted by Crippen LogP contribution is -2.45. The highest BCUT2D eigenvalue weighted by atomic mass is 35.5. The number of anilines is 1. The quantitative estimate of drug-likeness (QED) is 0.452. The number of nitrogens with zero attached hydrogens (tertiary/aromatic N) is 2. The van der Waals surface area contributed by atoms with Gasteiger partial charge in [0.15, 0.2) is 0 Å². The molecule has 2 heterocycles. The van der Waals surface area contributed by atoms with Crippen molar-refractivity contribution < 1.29 is 28.2 Å². The average Bonchev–Trinajstić information content (AvgIpc) is 3.53. The van der Waals surface area contributed by atoms with Crippen LogP contribution in [0.3, 0.4) is 0 Å². The van der Waals surface area contributed by atoms with Gasteiger partial charge in [0.1, 0.15) is 29.1 Å². The fourth-order valence-corrected chi connectivity index (χ4v) is 5.98. The third-order valence-corrected chi connectivity index (χ3v) is 7.98. The zero-order valence-corrected chi connectivity index (χ0v) is 22.7. The number of pyridine rings is 1. The Balaban J connectivity index is 1.62. The molecule has 2 aliphatic rings. The van der Waals surface area contributed by atoms with Crippen LogP contribution < -0.4 is 20.5 Å². The van der Waals surface area contributed by atoms with Crippen LogP contribution in [0, 0.1) is 18.6 Å². The van der Waals surface area contributed by atoms with E-state index in [0.29, 0.717) is 23.4 Å². The lowest BCUT2D eigenvalue weighted by Gasteiger charge is -2.23. The average molecular weight is 572 g/mol. The number of halogens is 3. The number of aliphatic hydroxyl groups excluding tert-OH is 1. The number of hydrogen-bond acceptors (Lipinski definition) is 5. The van der Waals surface area contributed by atoms with Gasteiger partial charge in [-0.25, -0.2) is 8.78 Å². The highest BCUT2D eigenvalue weighted by Gasteiger charge is 2.46. The molecule has 1 fully saturated rings. The number of carbonyl (C=O) groups excluding carboxylic acids is 2. The summed E-state index contributed by atoms with van der Waals surface area (Å²) >= 11 is 5.93. The SMILES string of the molecule is COc1cc(F)c([C@@H]2CN(c3c(C)c4c(n(CCO)c3=O)CCC4)C(=O)C2NC(=O)c2ccc(Cl)cc2)c(F)c1. The molecule has 0 bridgehead atoms. The van der Waals surface area contributed by atoms with Gasteiger partial charge in [-0.15, -0.1) is 0 Å². The Bertz CT molecular complexity index is 1530. The first-order valence-electron chi connectivity index (χ1n) is 12.9. The molecule has 1 aromatic heterocycles. The Hall–Kier alpha value is -3.76. The Labute approximate surface area is 234 Å². The first-order chi connectivity index (χ1) is 19.2. The highest BCUT2D eigenvalue weighted by molar-refractivity contribution is 6.30. The number of aromatic nitrogens is 1. The number of hydrogen-bond donors (Lipinski definition) is 2. The van der Waals surface area contributed by atoms with E-state index in [1.807, 2.05) is 0 Å². The maximum Gasteiger partial charge on any atom is 0.275 e. The van der Waals surface area contributed by atoms with Gasteiger partial charge in [-0.1, -0.05) is 11.6 Å². The summed E-state index contributed by atoms with van der Waals surface area (Å²) in [5.41, 5.74) is 1.77. The van der Waals surface area contributed by atoms with Gasteiger partial charge in [0.05, 0.1) is 13.7 Å². The molecule has 1 aliphatic carbocycles. The Morgan fingerprint density at radius 2 is 1.82 bits per heavy atom. The summed E-state index contributed by atoms with van der Waals surface area (Å²) in [6, 6.07) is 6.61. The molecule has 1 unspecified atom stereocenters. The first kappa shape index (κ1) is 27.8. The predicted molar refractivity (Wildman–Crippen MR) is 145 cm³/mol. The predicted octanol–water partition coefficient (Wildman–Crippen LogP) is 3.51. The first-order valence-corrected chi connectivity index (χ1v) is 13.3. The minimum atomic E-state index is -1.38. The number of benzene rings is 2. The minimum Gasteiger partial charge on any atom is -0.497 e. The van der Waals surface area contributed by atoms with Crippen molar-refractivity contribution in [2.75, 3.05) is 25.2 Å². The molecule has 1 saturated heterocycles. The Kier molecular flexibility index (Phi) is 7.65. The molecule has 2 atom stereocenters. The summed E-state index contributed by atoms with van der Waals surface area (Å²) in [7, 11) is 1.28. The number of amides is 2. The molecule has 0 spiro atoms. The van der Waals surface area contributed by atoms with E-state index in [-0.39, 0.29) is 36.7 Å². The van der Waals surface area contributed by atoms with Crippen LogP contribution >= 0.6 is 11.6 Å². The van der Waals surface area contributed by atoms with E-state index in [0.717, 1.165) is 29.8 Å². The van der Waals surface area contributed by atoms with Crippen LogP contribution in [0.4, 0.5) is 14.5 Å². The van der Waals surface area contributed by atoms with E-state index in [1.54, 1.807) is 6.92 Å². The van der Waals surface area contributed by atoms with Crippen molar-refractivity contribution in [2.24, 2.45) is 0 Å². The molecular formula is C29H28ClF2N3O5. The molecule has 2 amide bonds. The van der Waals surface area contributed by atoms with Crippen LogP contribution in [-0.4, -0.2) is 47.8 Å². The lowest BCUT2D eigenvalue weighted by atomic mass is 9.92. The van der Waals surface area contributed by atoms with E-state index >= 15 is 8.78 Å². The Morgan fingerprint density at radius 1 is 1.15 bits per heavy atom. The summed E-state index contributed by atoms with van der Waals surface area (Å²) in [6.07, 6.45) is 2.19. The molecule has 210 valence electrons. The fraction of sp³-hybridized carbons (Fsp3) is 0.345. The molecule has 0 saturated carbocycles. The second kappa shape index (κ2) is 11.0. The maximum atomic E-state index is 15.3. The number of nitrogens with one attached hydrogen (secondary N) is 1. The van der Waals surface area contributed by atoms with Gasteiger partial charge < -0.3 is 24.6 Å². The minimum absolute atomic E-state index is 0.0389. The van der Waals surface area contributed by atoms with Crippen molar-refractivity contribution in [3.8, 4) is 5.75 Å². The molecular weight excluding hydrogens is 544 g/mol. The Morgan fingerprint density at radius 3 is 2.45 bits per heavy atom. The monoisotopic (exact) mass is 571 g/mol. The number of aliphatic hydroxyl groups is 1. The van der Waals surface area contributed by atoms with Gasteiger partial charge in [-0.05, 0) is 61.6 Å². The van der Waals surface area contributed by atoms with Crippen molar-refractivity contribution in [2.45, 2.75) is 44.7 Å². The maximum absolute atomic E-state index is 15.3. The largest absolute Gasteiger partial charge is 0.497 e. The third kappa shape index (κ3) is 4.75. The topological polar surface area (TPSA) is 101 Å². The zero-order valence-electron chi connectivity index (χ0n) is 22.0. The number of carbonyl (C=O) groups is 2. The van der Waals surface area contributed by atoms with Gasteiger partial charge in [-0.3, -0.25) is 14.4 Å². The second-order valence-electron chi connectivity index (χ2n) is 9.95. The van der Waals surface area contributed by atoms with E-state index in [2.05, 4.69) is 5.32 Å². The summed E-state index contributed by atoms with van der Waals surface area (Å²) in [4.78, 5) is 42.0. The second-order valence-corrected chi connectivity index (χ2v) is 10.4. The molecule has 2 aromatic carbocycles. The van der Waals surface area contributed by atoms with E-state index in [4.69, 9.17) is 16.3 Å². The van der Waals surface area contributed by atoms with Gasteiger partial charge in [0, 0.05) is 53.0 Å². The van der Waals surface area contributed by atoms with E-state index in [9.17, 15) is 19.5 Å². The van der Waals surface area contributed by atoms with Crippen LogP contribution in [-0.2, 0) is 24.2 Å². The van der Waals surface area contributed by atoms with E-state index in [1.165, 1.54) is 40.8 Å². The highest BCUT2D eigenvalue weighted by Crippen LogP contribution is 2.38. The van der Waals surface area contributed by atoms with Crippen LogP contribution in [0.5, 0.6) is 5.75 Å². The van der Waals surface area contributed by atoms with E-state index < -0.39 is 46.5 Å². The van der Waals surface area contributed by atoms with Crippen LogP contribution in [0.1, 0.15) is 45.1 Å². The van der Waals surface area contributed by atoms with Crippen molar-refractivity contribution in [1.29, 1.82) is 0 Å². The molecule has 5 rings (SSSR count). The van der Waals surface area contributed by atoms with Gasteiger partial charge in [-0.2, -0.15) is 0 Å². The molecule has 1 aliphatic heterocycles. The summed E-state index contributed by atoms with van der Waals surface area (Å²) < 4.78 is 37.1. The molecule has 8 nitrogen and oxygen atoms in total. The van der Waals surface area contributed by atoms with Crippen molar-refractivity contribution >= 4 is 29.1 Å². The number of ether oxygens (including phenoxy) is 1. The molecule has 3 aromatic rings. The smallest absolute Gasteiger partial charge is 0.275 e. The molecule has 40 heavy (non-hydrogen) atoms. The lowest BCUT2D eigenvalue weighted by molar-refractivity contribution is -0.118. The summed E-state index contributed by atoms with van der Waals surface area (Å²) in [5, 5.41) is 12.7. The van der Waals surface area contributed by atoms with Gasteiger partial charge >= 0.3 is 0 Å².